The highest BCUT2D eigenvalue weighted by Crippen LogP contribution is 2.19. The van der Waals surface area contributed by atoms with Crippen molar-refractivity contribution in [1.29, 1.82) is 0 Å². The molecule has 0 saturated carbocycles. The van der Waals surface area contributed by atoms with Gasteiger partial charge in [0.15, 0.2) is 0 Å². The molecule has 0 aliphatic heterocycles. The second-order valence-corrected chi connectivity index (χ2v) is 5.07. The Bertz CT molecular complexity index is 541. The minimum absolute atomic E-state index is 0.106. The van der Waals surface area contributed by atoms with Crippen LogP contribution in [0.2, 0.25) is 0 Å². The molecule has 1 amide bonds. The van der Waals surface area contributed by atoms with Gasteiger partial charge in [-0.05, 0) is 24.6 Å². The molecule has 0 aliphatic rings. The second-order valence-electron chi connectivity index (χ2n) is 3.51. The predicted molar refractivity (Wildman–Crippen MR) is 64.6 cm³/mol. The lowest BCUT2D eigenvalue weighted by atomic mass is 10.2. The molecule has 1 aromatic carbocycles. The van der Waals surface area contributed by atoms with E-state index in [1.165, 1.54) is 18.2 Å². The quantitative estimate of drug-likeness (QED) is 0.723. The molecule has 0 atom stereocenters. The molecular formula is C10H14N2O5S. The molecule has 0 bridgehead atoms. The first-order chi connectivity index (χ1) is 8.34. The number of primary sulfonamides is 1. The van der Waals surface area contributed by atoms with Crippen LogP contribution in [0.4, 0.5) is 10.5 Å². The van der Waals surface area contributed by atoms with Crippen LogP contribution in [-0.2, 0) is 14.8 Å². The monoisotopic (exact) mass is 274 g/mol. The van der Waals surface area contributed by atoms with Crippen molar-refractivity contribution in [3.63, 3.8) is 0 Å². The van der Waals surface area contributed by atoms with E-state index in [9.17, 15) is 13.2 Å². The molecule has 0 unspecified atom stereocenters. The number of rotatable bonds is 4. The second kappa shape index (κ2) is 5.80. The number of nitrogens with two attached hydrogens (primary N) is 1. The average Bonchev–Trinajstić information content (AvgIpc) is 2.28. The number of hydrogen-bond acceptors (Lipinski definition) is 5. The van der Waals surface area contributed by atoms with E-state index < -0.39 is 16.1 Å². The largest absolute Gasteiger partial charge is 0.447 e. The van der Waals surface area contributed by atoms with Crippen LogP contribution in [0.3, 0.4) is 0 Å². The summed E-state index contributed by atoms with van der Waals surface area (Å²) in [7, 11) is -3.83. The Labute approximate surface area is 105 Å². The van der Waals surface area contributed by atoms with Crippen molar-refractivity contribution in [1.82, 2.24) is 0 Å². The maximum absolute atomic E-state index is 11.3. The van der Waals surface area contributed by atoms with Gasteiger partial charge in [-0.3, -0.25) is 5.32 Å². The van der Waals surface area contributed by atoms with Crippen molar-refractivity contribution in [2.45, 2.75) is 11.8 Å². The number of amides is 1. The Hall–Kier alpha value is -1.64. The molecule has 7 nitrogen and oxygen atoms in total. The van der Waals surface area contributed by atoms with Gasteiger partial charge in [0, 0.05) is 5.69 Å². The average molecular weight is 274 g/mol. The van der Waals surface area contributed by atoms with Crippen molar-refractivity contribution in [2.24, 2.45) is 5.14 Å². The van der Waals surface area contributed by atoms with E-state index in [0.717, 1.165) is 0 Å². The summed E-state index contributed by atoms with van der Waals surface area (Å²) in [5.41, 5.74) is 0.938. The number of nitrogens with one attached hydrogen (secondary N) is 1. The van der Waals surface area contributed by atoms with Crippen LogP contribution in [0.25, 0.3) is 0 Å². The van der Waals surface area contributed by atoms with Gasteiger partial charge in [0.05, 0.1) is 11.5 Å². The Morgan fingerprint density at radius 3 is 2.72 bits per heavy atom. The lowest BCUT2D eigenvalue weighted by Gasteiger charge is -2.09. The summed E-state index contributed by atoms with van der Waals surface area (Å²) >= 11 is 0. The molecular weight excluding hydrogens is 260 g/mol. The van der Waals surface area contributed by atoms with E-state index in [1.807, 2.05) is 0 Å². The highest BCUT2D eigenvalue weighted by atomic mass is 32.2. The summed E-state index contributed by atoms with van der Waals surface area (Å²) in [6, 6.07) is 4.10. The van der Waals surface area contributed by atoms with E-state index >= 15 is 0 Å². The van der Waals surface area contributed by atoms with Crippen molar-refractivity contribution in [2.75, 3.05) is 18.5 Å². The SMILES string of the molecule is Cc1ccc(S(N)(=O)=O)cc1NC(=O)OCCO. The fourth-order valence-corrected chi connectivity index (χ4v) is 1.74. The number of ether oxygens (including phenoxy) is 1. The summed E-state index contributed by atoms with van der Waals surface area (Å²) in [6.07, 6.45) is -0.779. The lowest BCUT2D eigenvalue weighted by molar-refractivity contribution is 0.131. The van der Waals surface area contributed by atoms with Crippen LogP contribution in [0, 0.1) is 6.92 Å². The first-order valence-corrected chi connectivity index (χ1v) is 6.57. The minimum atomic E-state index is -3.83. The summed E-state index contributed by atoms with van der Waals surface area (Å²) in [6.45, 7) is 1.26. The zero-order valence-electron chi connectivity index (χ0n) is 9.71. The molecule has 0 fully saturated rings. The summed E-state index contributed by atoms with van der Waals surface area (Å²) < 4.78 is 26.9. The van der Waals surface area contributed by atoms with Gasteiger partial charge in [-0.25, -0.2) is 18.4 Å². The molecule has 4 N–H and O–H groups in total. The van der Waals surface area contributed by atoms with E-state index in [1.54, 1.807) is 6.92 Å². The van der Waals surface area contributed by atoms with Gasteiger partial charge in [-0.2, -0.15) is 0 Å². The standard InChI is InChI=1S/C10H14N2O5S/c1-7-2-3-8(18(11,15)16)6-9(7)12-10(14)17-5-4-13/h2-3,6,13H,4-5H2,1H3,(H,12,14)(H2,11,15,16). The summed E-state index contributed by atoms with van der Waals surface area (Å²) in [4.78, 5) is 11.2. The fraction of sp³-hybridized carbons (Fsp3) is 0.300. The normalized spacial score (nSPS) is 11.1. The van der Waals surface area contributed by atoms with E-state index in [-0.39, 0.29) is 23.8 Å². The van der Waals surface area contributed by atoms with Crippen molar-refractivity contribution in [3.8, 4) is 0 Å². The van der Waals surface area contributed by atoms with Gasteiger partial charge in [0.25, 0.3) is 0 Å². The number of carbonyl (C=O) groups is 1. The fourth-order valence-electron chi connectivity index (χ4n) is 1.20. The van der Waals surface area contributed by atoms with Gasteiger partial charge in [-0.15, -0.1) is 0 Å². The highest BCUT2D eigenvalue weighted by molar-refractivity contribution is 7.89. The molecule has 0 aliphatic carbocycles. The maximum atomic E-state index is 11.3. The topological polar surface area (TPSA) is 119 Å². The highest BCUT2D eigenvalue weighted by Gasteiger charge is 2.12. The number of aliphatic hydroxyl groups excluding tert-OH is 1. The van der Waals surface area contributed by atoms with E-state index in [2.05, 4.69) is 10.1 Å². The number of carbonyl (C=O) groups excluding carboxylic acids is 1. The van der Waals surface area contributed by atoms with Crippen molar-refractivity contribution < 1.29 is 23.1 Å². The molecule has 1 rings (SSSR count). The lowest BCUT2D eigenvalue weighted by Crippen LogP contribution is -2.17. The number of sulfonamides is 1. The van der Waals surface area contributed by atoms with Gasteiger partial charge in [0.2, 0.25) is 10.0 Å². The predicted octanol–water partition coefficient (Wildman–Crippen LogP) is 0.183. The molecule has 18 heavy (non-hydrogen) atoms. The van der Waals surface area contributed by atoms with Crippen molar-refractivity contribution in [3.05, 3.63) is 23.8 Å². The Morgan fingerprint density at radius 2 is 2.17 bits per heavy atom. The molecule has 8 heteroatoms. The first kappa shape index (κ1) is 14.4. The molecule has 0 heterocycles. The molecule has 0 spiro atoms. The third kappa shape index (κ3) is 3.99. The van der Waals surface area contributed by atoms with Crippen LogP contribution in [0.15, 0.2) is 23.1 Å². The zero-order chi connectivity index (χ0) is 13.8. The summed E-state index contributed by atoms with van der Waals surface area (Å²) in [5.74, 6) is 0. The number of anilines is 1. The number of aryl methyl sites for hydroxylation is 1. The first-order valence-electron chi connectivity index (χ1n) is 5.02. The van der Waals surface area contributed by atoms with Crippen LogP contribution in [0.5, 0.6) is 0 Å². The summed E-state index contributed by atoms with van der Waals surface area (Å²) in [5, 5.41) is 15.8. The number of aliphatic hydroxyl groups is 1. The van der Waals surface area contributed by atoms with Crippen molar-refractivity contribution >= 4 is 21.8 Å². The Kier molecular flexibility index (Phi) is 4.65. The van der Waals surface area contributed by atoms with Crippen LogP contribution < -0.4 is 10.5 Å². The third-order valence-electron chi connectivity index (χ3n) is 2.10. The Morgan fingerprint density at radius 1 is 1.50 bits per heavy atom. The van der Waals surface area contributed by atoms with E-state index in [4.69, 9.17) is 10.2 Å². The molecule has 0 saturated heterocycles. The van der Waals surface area contributed by atoms with Crippen LogP contribution in [0.1, 0.15) is 5.56 Å². The number of hydrogen-bond donors (Lipinski definition) is 3. The van der Waals surface area contributed by atoms with Crippen LogP contribution >= 0.6 is 0 Å². The Balaban J connectivity index is 2.92. The minimum Gasteiger partial charge on any atom is -0.447 e. The molecule has 1 aromatic rings. The molecule has 0 aromatic heterocycles. The van der Waals surface area contributed by atoms with Crippen LogP contribution in [-0.4, -0.2) is 32.8 Å². The van der Waals surface area contributed by atoms with Gasteiger partial charge in [0.1, 0.15) is 6.61 Å². The van der Waals surface area contributed by atoms with E-state index in [0.29, 0.717) is 5.56 Å². The smallest absolute Gasteiger partial charge is 0.411 e. The molecule has 0 radical (unpaired) electrons. The van der Waals surface area contributed by atoms with Gasteiger partial charge < -0.3 is 9.84 Å². The van der Waals surface area contributed by atoms with Gasteiger partial charge in [-0.1, -0.05) is 6.07 Å². The molecule has 100 valence electrons. The third-order valence-corrected chi connectivity index (χ3v) is 3.01. The zero-order valence-corrected chi connectivity index (χ0v) is 10.5. The maximum Gasteiger partial charge on any atom is 0.411 e. The number of benzene rings is 1. The van der Waals surface area contributed by atoms with Gasteiger partial charge >= 0.3 is 6.09 Å².